The van der Waals surface area contributed by atoms with Gasteiger partial charge in [-0.05, 0) is 29.8 Å². The minimum atomic E-state index is 0. The second-order valence-corrected chi connectivity index (χ2v) is 3.58. The first-order valence-corrected chi connectivity index (χ1v) is 5.25. The quantitative estimate of drug-likeness (QED) is 0.782. The monoisotopic (exact) mass is 262 g/mol. The van der Waals surface area contributed by atoms with Crippen LogP contribution < -0.4 is 9.47 Å². The lowest BCUT2D eigenvalue weighted by Gasteiger charge is -1.97. The van der Waals surface area contributed by atoms with Crippen molar-refractivity contribution >= 4 is 24.3 Å². The third-order valence-electron chi connectivity index (χ3n) is 2.42. The van der Waals surface area contributed by atoms with Crippen molar-refractivity contribution in [2.75, 3.05) is 6.79 Å². The van der Waals surface area contributed by atoms with E-state index in [1.165, 1.54) is 0 Å². The molecule has 5 heteroatoms. The Hall–Kier alpha value is -2.07. The Bertz CT molecular complexity index is 558. The summed E-state index contributed by atoms with van der Waals surface area (Å²) in [6, 6.07) is 9.42. The van der Waals surface area contributed by atoms with E-state index in [4.69, 9.17) is 9.47 Å². The van der Waals surface area contributed by atoms with Crippen molar-refractivity contribution in [2.24, 2.45) is 4.99 Å². The normalized spacial score (nSPS) is 12.4. The van der Waals surface area contributed by atoms with Crippen molar-refractivity contribution in [2.45, 2.75) is 0 Å². The molecule has 18 heavy (non-hydrogen) atoms. The van der Waals surface area contributed by atoms with Gasteiger partial charge in [0.05, 0.1) is 5.69 Å². The van der Waals surface area contributed by atoms with E-state index in [-0.39, 0.29) is 19.2 Å². The zero-order valence-corrected chi connectivity index (χ0v) is 10.3. The van der Waals surface area contributed by atoms with Gasteiger partial charge in [-0.3, -0.25) is 9.98 Å². The number of rotatable bonds is 2. The molecule has 4 nitrogen and oxygen atoms in total. The van der Waals surface area contributed by atoms with Gasteiger partial charge in [-0.25, -0.2) is 0 Å². The van der Waals surface area contributed by atoms with Gasteiger partial charge in [-0.1, -0.05) is 0 Å². The van der Waals surface area contributed by atoms with Crippen LogP contribution in [0.4, 0.5) is 5.69 Å². The van der Waals surface area contributed by atoms with E-state index < -0.39 is 0 Å². The highest BCUT2D eigenvalue weighted by Gasteiger charge is 2.12. The van der Waals surface area contributed by atoms with Crippen molar-refractivity contribution < 1.29 is 9.47 Å². The van der Waals surface area contributed by atoms with Gasteiger partial charge in [0.1, 0.15) is 0 Å². The average molecular weight is 263 g/mol. The summed E-state index contributed by atoms with van der Waals surface area (Å²) >= 11 is 0. The van der Waals surface area contributed by atoms with E-state index in [1.54, 1.807) is 18.6 Å². The molecule has 0 atom stereocenters. The summed E-state index contributed by atoms with van der Waals surface area (Å²) in [5, 5.41) is 0. The summed E-state index contributed by atoms with van der Waals surface area (Å²) in [5.41, 5.74) is 1.85. The third-order valence-corrected chi connectivity index (χ3v) is 2.42. The molecule has 2 aromatic rings. The summed E-state index contributed by atoms with van der Waals surface area (Å²) in [4.78, 5) is 8.32. The lowest BCUT2D eigenvalue weighted by molar-refractivity contribution is 0.174. The van der Waals surface area contributed by atoms with Gasteiger partial charge in [0.2, 0.25) is 6.79 Å². The molecule has 3 rings (SSSR count). The molecular formula is C13H11ClN2O2. The van der Waals surface area contributed by atoms with Gasteiger partial charge in [-0.15, -0.1) is 12.4 Å². The van der Waals surface area contributed by atoms with Crippen molar-refractivity contribution in [1.29, 1.82) is 0 Å². The molecule has 0 saturated carbocycles. The lowest BCUT2D eigenvalue weighted by Crippen LogP contribution is -1.92. The first-order chi connectivity index (χ1) is 8.42. The Labute approximate surface area is 111 Å². The van der Waals surface area contributed by atoms with Gasteiger partial charge in [0, 0.05) is 24.7 Å². The van der Waals surface area contributed by atoms with Gasteiger partial charge in [-0.2, -0.15) is 0 Å². The standard InChI is InChI=1S/C13H10N2O2.ClH/c1-2-12-13(17-9-16-12)7-11(1)15-8-10-3-5-14-6-4-10;/h1-8H,9H2;1H. The zero-order chi connectivity index (χ0) is 11.5. The molecule has 0 N–H and O–H groups in total. The van der Waals surface area contributed by atoms with Gasteiger partial charge >= 0.3 is 0 Å². The molecule has 1 aliphatic heterocycles. The van der Waals surface area contributed by atoms with E-state index in [1.807, 2.05) is 30.3 Å². The summed E-state index contributed by atoms with van der Waals surface area (Å²) in [7, 11) is 0. The second-order valence-electron chi connectivity index (χ2n) is 3.58. The molecule has 1 aromatic carbocycles. The largest absolute Gasteiger partial charge is 0.454 e. The smallest absolute Gasteiger partial charge is 0.231 e. The highest BCUT2D eigenvalue weighted by Crippen LogP contribution is 2.35. The second kappa shape index (κ2) is 5.51. The van der Waals surface area contributed by atoms with E-state index >= 15 is 0 Å². The molecule has 0 spiro atoms. The fraction of sp³-hybridized carbons (Fsp3) is 0.0769. The summed E-state index contributed by atoms with van der Waals surface area (Å²) < 4.78 is 10.5. The maximum Gasteiger partial charge on any atom is 0.231 e. The lowest BCUT2D eigenvalue weighted by atomic mass is 10.2. The predicted molar refractivity (Wildman–Crippen MR) is 71.3 cm³/mol. The van der Waals surface area contributed by atoms with E-state index in [9.17, 15) is 0 Å². The summed E-state index contributed by atoms with van der Waals surface area (Å²) in [5.74, 6) is 1.52. The number of hydrogen-bond donors (Lipinski definition) is 0. The SMILES string of the molecule is C(=Nc1ccc2c(c1)OCO2)c1ccncc1.Cl. The van der Waals surface area contributed by atoms with Gasteiger partial charge in [0.15, 0.2) is 11.5 Å². The molecule has 1 aromatic heterocycles. The Balaban J connectivity index is 0.00000120. The zero-order valence-electron chi connectivity index (χ0n) is 9.45. The van der Waals surface area contributed by atoms with Crippen LogP contribution in [-0.2, 0) is 0 Å². The Kier molecular flexibility index (Phi) is 3.79. The number of aromatic nitrogens is 1. The molecule has 0 bridgehead atoms. The maximum absolute atomic E-state index is 5.29. The molecule has 0 unspecified atom stereocenters. The number of nitrogens with zero attached hydrogens (tertiary/aromatic N) is 2. The molecule has 2 heterocycles. The minimum Gasteiger partial charge on any atom is -0.454 e. The summed E-state index contributed by atoms with van der Waals surface area (Å²) in [6.45, 7) is 0.285. The van der Waals surface area contributed by atoms with Crippen LogP contribution in [0, 0.1) is 0 Å². The van der Waals surface area contributed by atoms with Crippen molar-refractivity contribution in [3.63, 3.8) is 0 Å². The van der Waals surface area contributed by atoms with Gasteiger partial charge in [0.25, 0.3) is 0 Å². The van der Waals surface area contributed by atoms with Crippen LogP contribution in [0.15, 0.2) is 47.7 Å². The predicted octanol–water partition coefficient (Wildman–Crippen LogP) is 2.98. The minimum absolute atomic E-state index is 0. The Morgan fingerprint density at radius 3 is 2.67 bits per heavy atom. The number of halogens is 1. The highest BCUT2D eigenvalue weighted by atomic mass is 35.5. The molecule has 0 amide bonds. The van der Waals surface area contributed by atoms with Crippen LogP contribution in [0.3, 0.4) is 0 Å². The van der Waals surface area contributed by atoms with Crippen LogP contribution >= 0.6 is 12.4 Å². The van der Waals surface area contributed by atoms with Gasteiger partial charge < -0.3 is 9.47 Å². The molecule has 1 aliphatic rings. The number of benzene rings is 1. The fourth-order valence-corrected chi connectivity index (χ4v) is 1.56. The molecular weight excluding hydrogens is 252 g/mol. The van der Waals surface area contributed by atoms with Crippen LogP contribution in [0.25, 0.3) is 0 Å². The van der Waals surface area contributed by atoms with Crippen molar-refractivity contribution in [3.05, 3.63) is 48.3 Å². The Morgan fingerprint density at radius 2 is 1.83 bits per heavy atom. The fourth-order valence-electron chi connectivity index (χ4n) is 1.56. The first-order valence-electron chi connectivity index (χ1n) is 5.25. The summed E-state index contributed by atoms with van der Waals surface area (Å²) in [6.07, 6.45) is 5.27. The highest BCUT2D eigenvalue weighted by molar-refractivity contribution is 5.85. The average Bonchev–Trinajstić information content (AvgIpc) is 2.85. The Morgan fingerprint density at radius 1 is 1.06 bits per heavy atom. The van der Waals surface area contributed by atoms with Crippen molar-refractivity contribution in [3.8, 4) is 11.5 Å². The molecule has 92 valence electrons. The van der Waals surface area contributed by atoms with Crippen LogP contribution in [0.2, 0.25) is 0 Å². The van der Waals surface area contributed by atoms with Crippen LogP contribution in [0.1, 0.15) is 5.56 Å². The number of pyridine rings is 1. The van der Waals surface area contributed by atoms with Crippen LogP contribution in [-0.4, -0.2) is 18.0 Å². The number of aliphatic imine (C=N–C) groups is 1. The van der Waals surface area contributed by atoms with Crippen molar-refractivity contribution in [1.82, 2.24) is 4.98 Å². The van der Waals surface area contributed by atoms with Crippen LogP contribution in [0.5, 0.6) is 11.5 Å². The molecule has 0 radical (unpaired) electrons. The topological polar surface area (TPSA) is 43.7 Å². The third kappa shape index (κ3) is 2.60. The van der Waals surface area contributed by atoms with E-state index in [0.29, 0.717) is 0 Å². The molecule has 0 saturated heterocycles. The molecule has 0 aliphatic carbocycles. The van der Waals surface area contributed by atoms with E-state index in [2.05, 4.69) is 9.98 Å². The van der Waals surface area contributed by atoms with E-state index in [0.717, 1.165) is 22.7 Å². The molecule has 0 fully saturated rings. The number of ether oxygens (including phenoxy) is 2. The first kappa shape index (κ1) is 12.4. The maximum atomic E-state index is 5.29. The number of fused-ring (bicyclic) bond motifs is 1. The number of hydrogen-bond acceptors (Lipinski definition) is 4.